The monoisotopic (exact) mass is 230 g/mol. The van der Waals surface area contributed by atoms with Crippen LogP contribution in [-0.2, 0) is 0 Å². The standard InChI is InChI=1S/C12H26N2S/c1-13-11-5-7-12(8-6-11)14(2)9-4-10-15-3/h11-13H,4-10H2,1-3H3. The van der Waals surface area contributed by atoms with E-state index in [0.717, 1.165) is 12.1 Å². The highest BCUT2D eigenvalue weighted by atomic mass is 32.2. The molecule has 0 spiro atoms. The fourth-order valence-electron chi connectivity index (χ4n) is 2.45. The van der Waals surface area contributed by atoms with Crippen molar-refractivity contribution in [2.75, 3.05) is 32.6 Å². The van der Waals surface area contributed by atoms with Crippen LogP contribution in [0.4, 0.5) is 0 Å². The Bertz CT molecular complexity index is 156. The van der Waals surface area contributed by atoms with E-state index in [1.54, 1.807) is 0 Å². The molecule has 0 atom stereocenters. The summed E-state index contributed by atoms with van der Waals surface area (Å²) in [6.07, 6.45) is 8.99. The SMILES string of the molecule is CNC1CCC(N(C)CCCSC)CC1. The smallest absolute Gasteiger partial charge is 0.00933 e. The molecular weight excluding hydrogens is 204 g/mol. The summed E-state index contributed by atoms with van der Waals surface area (Å²) in [6.45, 7) is 1.27. The molecule has 0 heterocycles. The average Bonchev–Trinajstić information content (AvgIpc) is 2.29. The van der Waals surface area contributed by atoms with Gasteiger partial charge >= 0.3 is 0 Å². The zero-order chi connectivity index (χ0) is 11.1. The lowest BCUT2D eigenvalue weighted by atomic mass is 9.90. The highest BCUT2D eigenvalue weighted by Gasteiger charge is 2.22. The number of rotatable bonds is 6. The first-order chi connectivity index (χ1) is 7.27. The Morgan fingerprint density at radius 2 is 1.93 bits per heavy atom. The van der Waals surface area contributed by atoms with Crippen LogP contribution >= 0.6 is 11.8 Å². The molecule has 90 valence electrons. The summed E-state index contributed by atoms with van der Waals surface area (Å²) in [5, 5.41) is 3.39. The summed E-state index contributed by atoms with van der Waals surface area (Å²) in [7, 11) is 4.39. The molecule has 0 radical (unpaired) electrons. The first kappa shape index (κ1) is 13.3. The fourth-order valence-corrected chi connectivity index (χ4v) is 2.86. The van der Waals surface area contributed by atoms with Crippen molar-refractivity contribution in [2.24, 2.45) is 0 Å². The van der Waals surface area contributed by atoms with Crippen LogP contribution in [0.25, 0.3) is 0 Å². The lowest BCUT2D eigenvalue weighted by molar-refractivity contribution is 0.177. The molecular formula is C12H26N2S. The van der Waals surface area contributed by atoms with Crippen molar-refractivity contribution in [1.29, 1.82) is 0 Å². The van der Waals surface area contributed by atoms with Gasteiger partial charge in [0.25, 0.3) is 0 Å². The average molecular weight is 230 g/mol. The number of nitrogens with zero attached hydrogens (tertiary/aromatic N) is 1. The molecule has 0 aromatic carbocycles. The second-order valence-corrected chi connectivity index (χ2v) is 5.61. The van der Waals surface area contributed by atoms with Gasteiger partial charge in [-0.05, 0) is 64.8 Å². The Morgan fingerprint density at radius 3 is 2.47 bits per heavy atom. The van der Waals surface area contributed by atoms with Gasteiger partial charge in [-0.1, -0.05) is 0 Å². The van der Waals surface area contributed by atoms with Gasteiger partial charge in [0.2, 0.25) is 0 Å². The van der Waals surface area contributed by atoms with Gasteiger partial charge in [-0.2, -0.15) is 11.8 Å². The van der Waals surface area contributed by atoms with Crippen LogP contribution in [0, 0.1) is 0 Å². The first-order valence-corrected chi connectivity index (χ1v) is 7.53. The van der Waals surface area contributed by atoms with Crippen LogP contribution in [0.2, 0.25) is 0 Å². The summed E-state index contributed by atoms with van der Waals surface area (Å²) < 4.78 is 0. The van der Waals surface area contributed by atoms with E-state index in [9.17, 15) is 0 Å². The van der Waals surface area contributed by atoms with E-state index in [2.05, 4.69) is 30.6 Å². The zero-order valence-electron chi connectivity index (χ0n) is 10.5. The van der Waals surface area contributed by atoms with E-state index in [1.165, 1.54) is 44.4 Å². The Balaban J connectivity index is 2.15. The molecule has 1 saturated carbocycles. The maximum atomic E-state index is 3.39. The number of nitrogens with one attached hydrogen (secondary N) is 1. The maximum absolute atomic E-state index is 3.39. The molecule has 0 unspecified atom stereocenters. The quantitative estimate of drug-likeness (QED) is 0.704. The Hall–Kier alpha value is 0.270. The highest BCUT2D eigenvalue weighted by molar-refractivity contribution is 7.98. The van der Waals surface area contributed by atoms with Crippen molar-refractivity contribution in [3.05, 3.63) is 0 Å². The van der Waals surface area contributed by atoms with Crippen molar-refractivity contribution < 1.29 is 0 Å². The van der Waals surface area contributed by atoms with Crippen molar-refractivity contribution in [3.63, 3.8) is 0 Å². The molecule has 0 bridgehead atoms. The van der Waals surface area contributed by atoms with Gasteiger partial charge in [0, 0.05) is 12.1 Å². The third-order valence-electron chi connectivity index (χ3n) is 3.59. The van der Waals surface area contributed by atoms with E-state index in [4.69, 9.17) is 0 Å². The van der Waals surface area contributed by atoms with Gasteiger partial charge in [0.05, 0.1) is 0 Å². The summed E-state index contributed by atoms with van der Waals surface area (Å²) in [5.41, 5.74) is 0. The Morgan fingerprint density at radius 1 is 1.27 bits per heavy atom. The number of hydrogen-bond donors (Lipinski definition) is 1. The van der Waals surface area contributed by atoms with Crippen molar-refractivity contribution >= 4 is 11.8 Å². The molecule has 0 aromatic heterocycles. The van der Waals surface area contributed by atoms with E-state index < -0.39 is 0 Å². The molecule has 1 aliphatic carbocycles. The highest BCUT2D eigenvalue weighted by Crippen LogP contribution is 2.22. The molecule has 1 N–H and O–H groups in total. The molecule has 1 aliphatic rings. The van der Waals surface area contributed by atoms with Gasteiger partial charge in [0.15, 0.2) is 0 Å². The lowest BCUT2D eigenvalue weighted by Gasteiger charge is -2.34. The third-order valence-corrected chi connectivity index (χ3v) is 4.28. The van der Waals surface area contributed by atoms with Gasteiger partial charge in [-0.25, -0.2) is 0 Å². The van der Waals surface area contributed by atoms with Crippen molar-refractivity contribution in [2.45, 2.75) is 44.2 Å². The fraction of sp³-hybridized carbons (Fsp3) is 1.00. The van der Waals surface area contributed by atoms with Crippen LogP contribution < -0.4 is 5.32 Å². The number of thioether (sulfide) groups is 1. The minimum atomic E-state index is 0.779. The van der Waals surface area contributed by atoms with Crippen LogP contribution in [0.5, 0.6) is 0 Å². The van der Waals surface area contributed by atoms with Crippen LogP contribution in [-0.4, -0.2) is 49.6 Å². The largest absolute Gasteiger partial charge is 0.317 e. The molecule has 1 fully saturated rings. The minimum absolute atomic E-state index is 0.779. The van der Waals surface area contributed by atoms with Crippen LogP contribution in [0.15, 0.2) is 0 Å². The van der Waals surface area contributed by atoms with E-state index in [1.807, 2.05) is 11.8 Å². The summed E-state index contributed by atoms with van der Waals surface area (Å²) >= 11 is 1.96. The Labute approximate surface area is 99.2 Å². The summed E-state index contributed by atoms with van der Waals surface area (Å²) in [5.74, 6) is 1.30. The topological polar surface area (TPSA) is 15.3 Å². The van der Waals surface area contributed by atoms with E-state index in [0.29, 0.717) is 0 Å². The summed E-state index contributed by atoms with van der Waals surface area (Å²) in [4.78, 5) is 2.57. The van der Waals surface area contributed by atoms with Gasteiger partial charge < -0.3 is 10.2 Å². The third kappa shape index (κ3) is 4.75. The summed E-state index contributed by atoms with van der Waals surface area (Å²) in [6, 6.07) is 1.62. The normalized spacial score (nSPS) is 27.2. The molecule has 3 heteroatoms. The zero-order valence-corrected chi connectivity index (χ0v) is 11.3. The van der Waals surface area contributed by atoms with E-state index >= 15 is 0 Å². The second kappa shape index (κ2) is 7.53. The molecule has 1 rings (SSSR count). The molecule has 0 aliphatic heterocycles. The second-order valence-electron chi connectivity index (χ2n) is 4.62. The molecule has 15 heavy (non-hydrogen) atoms. The van der Waals surface area contributed by atoms with Crippen molar-refractivity contribution in [1.82, 2.24) is 10.2 Å². The van der Waals surface area contributed by atoms with Crippen molar-refractivity contribution in [3.8, 4) is 0 Å². The van der Waals surface area contributed by atoms with E-state index in [-0.39, 0.29) is 0 Å². The Kier molecular flexibility index (Phi) is 6.69. The number of hydrogen-bond acceptors (Lipinski definition) is 3. The molecule has 0 saturated heterocycles. The molecule has 0 aromatic rings. The first-order valence-electron chi connectivity index (χ1n) is 6.14. The molecule has 0 amide bonds. The lowest BCUT2D eigenvalue weighted by Crippen LogP contribution is -2.40. The van der Waals surface area contributed by atoms with Gasteiger partial charge in [0.1, 0.15) is 0 Å². The maximum Gasteiger partial charge on any atom is 0.00933 e. The predicted octanol–water partition coefficient (Wildman–Crippen LogP) is 2.20. The van der Waals surface area contributed by atoms with Crippen LogP contribution in [0.3, 0.4) is 0 Å². The van der Waals surface area contributed by atoms with Gasteiger partial charge in [-0.15, -0.1) is 0 Å². The minimum Gasteiger partial charge on any atom is -0.317 e. The predicted molar refractivity (Wildman–Crippen MR) is 70.7 cm³/mol. The van der Waals surface area contributed by atoms with Gasteiger partial charge in [-0.3, -0.25) is 0 Å². The van der Waals surface area contributed by atoms with Crippen LogP contribution in [0.1, 0.15) is 32.1 Å². The molecule has 2 nitrogen and oxygen atoms in total.